The Kier molecular flexibility index (Phi) is 10.1. The molecule has 4 nitrogen and oxygen atoms in total. The van der Waals surface area contributed by atoms with Gasteiger partial charge in [-0.15, -0.1) is 12.4 Å². The van der Waals surface area contributed by atoms with Gasteiger partial charge in [0.25, 0.3) is 0 Å². The predicted octanol–water partition coefficient (Wildman–Crippen LogP) is 3.13. The van der Waals surface area contributed by atoms with Gasteiger partial charge < -0.3 is 15.4 Å². The maximum atomic E-state index is 12.4. The number of ether oxygens (including phenoxy) is 1. The lowest BCUT2D eigenvalue weighted by Gasteiger charge is -2.33. The highest BCUT2D eigenvalue weighted by molar-refractivity contribution is 5.85. The summed E-state index contributed by atoms with van der Waals surface area (Å²) in [5.41, 5.74) is 5.47. The molecule has 1 amide bonds. The van der Waals surface area contributed by atoms with Crippen LogP contribution in [0.25, 0.3) is 0 Å². The first-order chi connectivity index (χ1) is 10.3. The van der Waals surface area contributed by atoms with Crippen molar-refractivity contribution in [3.8, 4) is 0 Å². The van der Waals surface area contributed by atoms with E-state index in [1.54, 1.807) is 0 Å². The fourth-order valence-corrected chi connectivity index (χ4v) is 3.55. The number of likely N-dealkylation sites (tertiary alicyclic amines) is 1. The first-order valence-electron chi connectivity index (χ1n) is 8.89. The predicted molar refractivity (Wildman–Crippen MR) is 92.3 cm³/mol. The average molecular weight is 333 g/mol. The molecular formula is C17H33ClN2O2. The van der Waals surface area contributed by atoms with Gasteiger partial charge in [-0.2, -0.15) is 0 Å². The van der Waals surface area contributed by atoms with Gasteiger partial charge in [0.15, 0.2) is 0 Å². The zero-order valence-corrected chi connectivity index (χ0v) is 14.6. The first-order valence-corrected chi connectivity index (χ1v) is 8.89. The Balaban J connectivity index is 0.00000242. The Labute approximate surface area is 141 Å². The summed E-state index contributed by atoms with van der Waals surface area (Å²) < 4.78 is 5.80. The van der Waals surface area contributed by atoms with Gasteiger partial charge in [-0.25, -0.2) is 0 Å². The van der Waals surface area contributed by atoms with Crippen molar-refractivity contribution >= 4 is 18.3 Å². The third kappa shape index (κ3) is 6.84. The van der Waals surface area contributed by atoms with E-state index < -0.39 is 0 Å². The Morgan fingerprint density at radius 1 is 1.05 bits per heavy atom. The summed E-state index contributed by atoms with van der Waals surface area (Å²) in [6, 6.07) is 0. The lowest BCUT2D eigenvalue weighted by molar-refractivity contribution is -0.135. The first kappa shape index (κ1) is 19.7. The molecule has 1 aliphatic heterocycles. The second kappa shape index (κ2) is 11.3. The molecule has 1 heterocycles. The number of piperidine rings is 1. The second-order valence-corrected chi connectivity index (χ2v) is 6.65. The van der Waals surface area contributed by atoms with Gasteiger partial charge in [0.05, 0.1) is 6.10 Å². The molecule has 5 heteroatoms. The van der Waals surface area contributed by atoms with E-state index in [1.807, 2.05) is 0 Å². The number of carbonyl (C=O) groups is 1. The largest absolute Gasteiger partial charge is 0.378 e. The highest BCUT2D eigenvalue weighted by Crippen LogP contribution is 2.26. The summed E-state index contributed by atoms with van der Waals surface area (Å²) in [5, 5.41) is 0. The zero-order chi connectivity index (χ0) is 14.9. The minimum absolute atomic E-state index is 0. The lowest BCUT2D eigenvalue weighted by Crippen LogP contribution is -2.41. The third-order valence-corrected chi connectivity index (χ3v) is 4.93. The van der Waals surface area contributed by atoms with Crippen molar-refractivity contribution in [2.75, 3.05) is 26.2 Å². The molecule has 1 saturated carbocycles. The van der Waals surface area contributed by atoms with Crippen molar-refractivity contribution < 1.29 is 9.53 Å². The molecule has 0 bridgehead atoms. The molecule has 0 spiro atoms. The fraction of sp³-hybridized carbons (Fsp3) is 0.941. The van der Waals surface area contributed by atoms with E-state index in [2.05, 4.69) is 4.90 Å². The van der Waals surface area contributed by atoms with Crippen LogP contribution in [0.2, 0.25) is 0 Å². The molecule has 130 valence electrons. The molecule has 2 rings (SSSR count). The van der Waals surface area contributed by atoms with Crippen molar-refractivity contribution in [1.29, 1.82) is 0 Å². The molecule has 2 fully saturated rings. The van der Waals surface area contributed by atoms with Crippen LogP contribution in [0.3, 0.4) is 0 Å². The van der Waals surface area contributed by atoms with Crippen LogP contribution >= 0.6 is 12.4 Å². The number of nitrogens with zero attached hydrogens (tertiary/aromatic N) is 1. The topological polar surface area (TPSA) is 55.6 Å². The van der Waals surface area contributed by atoms with E-state index in [0.717, 1.165) is 45.4 Å². The van der Waals surface area contributed by atoms with Crippen LogP contribution in [0.15, 0.2) is 0 Å². The summed E-state index contributed by atoms with van der Waals surface area (Å²) in [7, 11) is 0. The average Bonchev–Trinajstić information content (AvgIpc) is 2.77. The molecule has 1 aliphatic carbocycles. The molecule has 1 saturated heterocycles. The molecule has 0 unspecified atom stereocenters. The standard InChI is InChI=1S/C17H32N2O2.ClH/c18-10-5-13-21-16-8-11-19(12-9-16)17(20)14-15-6-3-1-2-4-7-15;/h15-16H,1-14,18H2;1H. The number of amides is 1. The molecule has 0 atom stereocenters. The molecule has 2 aliphatic rings. The number of hydrogen-bond acceptors (Lipinski definition) is 3. The quantitative estimate of drug-likeness (QED) is 0.600. The normalized spacial score (nSPS) is 21.2. The van der Waals surface area contributed by atoms with Crippen LogP contribution in [-0.4, -0.2) is 43.2 Å². The van der Waals surface area contributed by atoms with E-state index >= 15 is 0 Å². The van der Waals surface area contributed by atoms with Gasteiger partial charge in [0.1, 0.15) is 0 Å². The Morgan fingerprint density at radius 2 is 1.68 bits per heavy atom. The Bertz CT molecular complexity index is 299. The second-order valence-electron chi connectivity index (χ2n) is 6.65. The monoisotopic (exact) mass is 332 g/mol. The van der Waals surface area contributed by atoms with Crippen LogP contribution < -0.4 is 5.73 Å². The SMILES string of the molecule is Cl.NCCCOC1CCN(C(=O)CC2CCCCCC2)CC1. The number of hydrogen-bond donors (Lipinski definition) is 1. The van der Waals surface area contributed by atoms with Crippen LogP contribution in [0, 0.1) is 5.92 Å². The van der Waals surface area contributed by atoms with Gasteiger partial charge in [-0.1, -0.05) is 25.7 Å². The van der Waals surface area contributed by atoms with Gasteiger partial charge >= 0.3 is 0 Å². The Hall–Kier alpha value is -0.320. The van der Waals surface area contributed by atoms with E-state index in [0.29, 0.717) is 24.5 Å². The molecule has 0 aromatic rings. The maximum absolute atomic E-state index is 12.4. The molecule has 2 N–H and O–H groups in total. The van der Waals surface area contributed by atoms with E-state index in [-0.39, 0.29) is 12.4 Å². The minimum Gasteiger partial charge on any atom is -0.378 e. The third-order valence-electron chi connectivity index (χ3n) is 4.93. The fourth-order valence-electron chi connectivity index (χ4n) is 3.55. The van der Waals surface area contributed by atoms with Gasteiger partial charge in [0, 0.05) is 26.1 Å². The summed E-state index contributed by atoms with van der Waals surface area (Å²) in [6.07, 6.45) is 11.9. The van der Waals surface area contributed by atoms with E-state index in [9.17, 15) is 4.79 Å². The van der Waals surface area contributed by atoms with Crippen LogP contribution in [0.4, 0.5) is 0 Å². The van der Waals surface area contributed by atoms with E-state index in [4.69, 9.17) is 10.5 Å². The van der Waals surface area contributed by atoms with Crippen molar-refractivity contribution in [2.45, 2.75) is 70.3 Å². The highest BCUT2D eigenvalue weighted by Gasteiger charge is 2.25. The van der Waals surface area contributed by atoms with Crippen molar-refractivity contribution in [2.24, 2.45) is 11.7 Å². The molecule has 0 aromatic carbocycles. The van der Waals surface area contributed by atoms with Crippen LogP contribution in [0.1, 0.15) is 64.2 Å². The van der Waals surface area contributed by atoms with Gasteiger partial charge in [0.2, 0.25) is 5.91 Å². The smallest absolute Gasteiger partial charge is 0.222 e. The zero-order valence-electron chi connectivity index (χ0n) is 13.8. The molecule has 22 heavy (non-hydrogen) atoms. The van der Waals surface area contributed by atoms with Crippen LogP contribution in [-0.2, 0) is 9.53 Å². The van der Waals surface area contributed by atoms with Crippen molar-refractivity contribution in [3.63, 3.8) is 0 Å². The molecule has 0 aromatic heterocycles. The number of nitrogens with two attached hydrogens (primary N) is 1. The highest BCUT2D eigenvalue weighted by atomic mass is 35.5. The Morgan fingerprint density at radius 3 is 2.27 bits per heavy atom. The van der Waals surface area contributed by atoms with Crippen molar-refractivity contribution in [3.05, 3.63) is 0 Å². The summed E-state index contributed by atoms with van der Waals surface area (Å²) in [5.74, 6) is 1.01. The minimum atomic E-state index is 0. The number of rotatable bonds is 6. The lowest BCUT2D eigenvalue weighted by atomic mass is 9.95. The maximum Gasteiger partial charge on any atom is 0.222 e. The molecule has 0 radical (unpaired) electrons. The summed E-state index contributed by atoms with van der Waals surface area (Å²) in [6.45, 7) is 3.20. The summed E-state index contributed by atoms with van der Waals surface area (Å²) >= 11 is 0. The molecular weight excluding hydrogens is 300 g/mol. The number of carbonyl (C=O) groups excluding carboxylic acids is 1. The van der Waals surface area contributed by atoms with Gasteiger partial charge in [-0.05, 0) is 44.6 Å². The van der Waals surface area contributed by atoms with Crippen LogP contribution in [0.5, 0.6) is 0 Å². The number of halogens is 1. The van der Waals surface area contributed by atoms with Gasteiger partial charge in [-0.3, -0.25) is 4.79 Å². The van der Waals surface area contributed by atoms with E-state index in [1.165, 1.54) is 38.5 Å². The van der Waals surface area contributed by atoms with Crippen molar-refractivity contribution in [1.82, 2.24) is 4.90 Å². The summed E-state index contributed by atoms with van der Waals surface area (Å²) in [4.78, 5) is 14.5.